The average molecular weight is 393 g/mol. The highest BCUT2D eigenvalue weighted by molar-refractivity contribution is 7.89. The van der Waals surface area contributed by atoms with Crippen LogP contribution in [0.1, 0.15) is 46.4 Å². The van der Waals surface area contributed by atoms with Crippen molar-refractivity contribution in [3.8, 4) is 6.07 Å². The van der Waals surface area contributed by atoms with E-state index in [1.165, 1.54) is 32.5 Å². The van der Waals surface area contributed by atoms with Gasteiger partial charge in [0.1, 0.15) is 9.90 Å². The molecule has 1 aliphatic heterocycles. The summed E-state index contributed by atoms with van der Waals surface area (Å²) in [5.41, 5.74) is 0.943. The highest BCUT2D eigenvalue weighted by atomic mass is 32.2. The van der Waals surface area contributed by atoms with Gasteiger partial charge in [-0.05, 0) is 25.8 Å². The third-order valence-corrected chi connectivity index (χ3v) is 7.35. The summed E-state index contributed by atoms with van der Waals surface area (Å²) in [6.45, 7) is 2.80. The molecule has 0 bridgehead atoms. The Balaban J connectivity index is 1.92. The second kappa shape index (κ2) is 7.31. The van der Waals surface area contributed by atoms with Gasteiger partial charge in [-0.3, -0.25) is 4.79 Å². The van der Waals surface area contributed by atoms with Crippen LogP contribution < -0.4 is 0 Å². The van der Waals surface area contributed by atoms with Crippen LogP contribution in [0.15, 0.2) is 22.5 Å². The summed E-state index contributed by atoms with van der Waals surface area (Å²) >= 11 is 1.26. The molecule has 1 unspecified atom stereocenters. The van der Waals surface area contributed by atoms with Crippen molar-refractivity contribution in [1.82, 2.24) is 13.9 Å². The average Bonchev–Trinajstić information content (AvgIpc) is 3.22. The molecule has 1 saturated heterocycles. The van der Waals surface area contributed by atoms with E-state index in [1.54, 1.807) is 19.4 Å². The van der Waals surface area contributed by atoms with Crippen LogP contribution in [0, 0.1) is 18.3 Å². The summed E-state index contributed by atoms with van der Waals surface area (Å²) in [7, 11) is -2.01. The molecule has 1 fully saturated rings. The number of Topliss-reactive ketones (excluding diaryl/α,β-unsaturated/α-hetero) is 1. The van der Waals surface area contributed by atoms with E-state index in [-0.39, 0.29) is 10.6 Å². The normalized spacial score (nSPS) is 17.0. The molecule has 138 valence electrons. The van der Waals surface area contributed by atoms with Crippen LogP contribution >= 0.6 is 11.3 Å². The van der Waals surface area contributed by atoms with Gasteiger partial charge in [0, 0.05) is 37.4 Å². The first-order valence-corrected chi connectivity index (χ1v) is 10.7. The van der Waals surface area contributed by atoms with Gasteiger partial charge in [-0.15, -0.1) is 11.3 Å². The van der Waals surface area contributed by atoms with Gasteiger partial charge in [0.2, 0.25) is 15.8 Å². The molecule has 2 aromatic heterocycles. The first-order chi connectivity index (χ1) is 12.3. The molecule has 1 atom stereocenters. The number of nitrogens with zero attached hydrogens (tertiary/aromatic N) is 4. The number of aromatic nitrogens is 2. The lowest BCUT2D eigenvalue weighted by molar-refractivity contribution is 0.0971. The van der Waals surface area contributed by atoms with Crippen LogP contribution in [0.5, 0.6) is 0 Å². The first-order valence-electron chi connectivity index (χ1n) is 8.37. The molecule has 0 radical (unpaired) electrons. The zero-order valence-electron chi connectivity index (χ0n) is 14.7. The van der Waals surface area contributed by atoms with Crippen LogP contribution in [0.3, 0.4) is 0 Å². The number of aryl methyl sites for hydroxylation is 2. The van der Waals surface area contributed by atoms with Gasteiger partial charge in [-0.2, -0.15) is 9.57 Å². The Morgan fingerprint density at radius 3 is 2.62 bits per heavy atom. The molecule has 2 aromatic rings. The van der Waals surface area contributed by atoms with Crippen LogP contribution in [-0.2, 0) is 17.1 Å². The van der Waals surface area contributed by atoms with Gasteiger partial charge in [0.25, 0.3) is 0 Å². The summed E-state index contributed by atoms with van der Waals surface area (Å²) in [6, 6.07) is 3.37. The summed E-state index contributed by atoms with van der Waals surface area (Å²) < 4.78 is 28.6. The number of carbonyl (C=O) groups is 1. The number of piperidine rings is 1. The molecule has 9 heteroatoms. The lowest BCUT2D eigenvalue weighted by Crippen LogP contribution is -2.35. The minimum Gasteiger partial charge on any atom is -0.347 e. The SMILES string of the molecule is Cc1csc(C(C#N)C(=O)c2cc(S(=O)(=O)N3CCCCC3)cn2C)n1. The van der Waals surface area contributed by atoms with Gasteiger partial charge in [-0.1, -0.05) is 6.42 Å². The topological polar surface area (TPSA) is 96.1 Å². The van der Waals surface area contributed by atoms with Crippen LogP contribution in [0.25, 0.3) is 0 Å². The molecule has 3 heterocycles. The second-order valence-corrected chi connectivity index (χ2v) is 9.22. The molecule has 0 aliphatic carbocycles. The fourth-order valence-corrected chi connectivity index (χ4v) is 5.48. The van der Waals surface area contributed by atoms with Crippen molar-refractivity contribution >= 4 is 27.1 Å². The third kappa shape index (κ3) is 3.45. The lowest BCUT2D eigenvalue weighted by atomic mass is 10.0. The van der Waals surface area contributed by atoms with Crippen molar-refractivity contribution in [2.75, 3.05) is 13.1 Å². The Morgan fingerprint density at radius 2 is 2.04 bits per heavy atom. The molecule has 0 amide bonds. The standard InChI is InChI=1S/C17H20N4O3S2/c1-12-11-25-17(19-12)14(9-18)16(22)15-8-13(10-20(15)2)26(23,24)21-6-4-3-5-7-21/h8,10-11,14H,3-7H2,1-2H3. The molecular weight excluding hydrogens is 372 g/mol. The van der Waals surface area contributed by atoms with Gasteiger partial charge in [0.05, 0.1) is 11.8 Å². The third-order valence-electron chi connectivity index (χ3n) is 4.46. The maximum Gasteiger partial charge on any atom is 0.244 e. The van der Waals surface area contributed by atoms with Gasteiger partial charge in [-0.25, -0.2) is 13.4 Å². The Hall–Kier alpha value is -2.02. The van der Waals surface area contributed by atoms with E-state index in [0.29, 0.717) is 18.1 Å². The molecular formula is C17H20N4O3S2. The number of carbonyl (C=O) groups excluding carboxylic acids is 1. The molecule has 7 nitrogen and oxygen atoms in total. The van der Waals surface area contributed by atoms with Crippen LogP contribution in [0.4, 0.5) is 0 Å². The van der Waals surface area contributed by atoms with Crippen molar-refractivity contribution in [3.05, 3.63) is 34.0 Å². The van der Waals surface area contributed by atoms with Crippen molar-refractivity contribution in [1.29, 1.82) is 5.26 Å². The number of hydrogen-bond donors (Lipinski definition) is 0. The largest absolute Gasteiger partial charge is 0.347 e. The van der Waals surface area contributed by atoms with Crippen molar-refractivity contribution in [2.24, 2.45) is 7.05 Å². The number of sulfonamides is 1. The molecule has 0 spiro atoms. The molecule has 0 saturated carbocycles. The summed E-state index contributed by atoms with van der Waals surface area (Å²) in [4.78, 5) is 17.2. The second-order valence-electron chi connectivity index (χ2n) is 6.39. The predicted octanol–water partition coefficient (Wildman–Crippen LogP) is 2.45. The van der Waals surface area contributed by atoms with E-state index in [0.717, 1.165) is 25.0 Å². The molecule has 1 aliphatic rings. The van der Waals surface area contributed by atoms with E-state index < -0.39 is 21.7 Å². The maximum atomic E-state index is 12.8. The lowest BCUT2D eigenvalue weighted by Gasteiger charge is -2.25. The Bertz CT molecular complexity index is 963. The van der Waals surface area contributed by atoms with Gasteiger partial charge < -0.3 is 4.57 Å². The van der Waals surface area contributed by atoms with Crippen molar-refractivity contribution in [3.63, 3.8) is 0 Å². The van der Waals surface area contributed by atoms with Crippen molar-refractivity contribution < 1.29 is 13.2 Å². The zero-order valence-corrected chi connectivity index (χ0v) is 16.3. The summed E-state index contributed by atoms with van der Waals surface area (Å²) in [5.74, 6) is -1.47. The molecule has 26 heavy (non-hydrogen) atoms. The number of hydrogen-bond acceptors (Lipinski definition) is 6. The number of nitriles is 1. The fraction of sp³-hybridized carbons (Fsp3) is 0.471. The highest BCUT2D eigenvalue weighted by Crippen LogP contribution is 2.27. The van der Waals surface area contributed by atoms with E-state index in [9.17, 15) is 18.5 Å². The number of thiazole rings is 1. The first kappa shape index (κ1) is 18.8. The Labute approximate surface area is 156 Å². The number of rotatable bonds is 5. The van der Waals surface area contributed by atoms with E-state index in [1.807, 2.05) is 6.07 Å². The monoisotopic (exact) mass is 392 g/mol. The number of ketones is 1. The van der Waals surface area contributed by atoms with Crippen LogP contribution in [-0.4, -0.2) is 41.1 Å². The smallest absolute Gasteiger partial charge is 0.244 e. The summed E-state index contributed by atoms with van der Waals surface area (Å²) in [6.07, 6.45) is 4.16. The Kier molecular flexibility index (Phi) is 5.27. The van der Waals surface area contributed by atoms with E-state index in [2.05, 4.69) is 4.98 Å². The van der Waals surface area contributed by atoms with Gasteiger partial charge >= 0.3 is 0 Å². The van der Waals surface area contributed by atoms with Gasteiger partial charge in [0.15, 0.2) is 5.92 Å². The fourth-order valence-electron chi connectivity index (χ4n) is 3.05. The minimum atomic E-state index is -3.63. The molecule has 0 aromatic carbocycles. The van der Waals surface area contributed by atoms with Crippen LogP contribution in [0.2, 0.25) is 0 Å². The van der Waals surface area contributed by atoms with E-state index in [4.69, 9.17) is 0 Å². The summed E-state index contributed by atoms with van der Waals surface area (Å²) in [5, 5.41) is 11.7. The molecule has 3 rings (SSSR count). The van der Waals surface area contributed by atoms with E-state index >= 15 is 0 Å². The maximum absolute atomic E-state index is 12.8. The highest BCUT2D eigenvalue weighted by Gasteiger charge is 2.31. The molecule has 0 N–H and O–H groups in total. The Morgan fingerprint density at radius 1 is 1.35 bits per heavy atom. The minimum absolute atomic E-state index is 0.0947. The zero-order chi connectivity index (χ0) is 18.9. The quantitative estimate of drug-likeness (QED) is 0.728. The predicted molar refractivity (Wildman–Crippen MR) is 97.6 cm³/mol. The van der Waals surface area contributed by atoms with Crippen molar-refractivity contribution in [2.45, 2.75) is 37.0 Å².